The van der Waals surface area contributed by atoms with E-state index in [1.165, 1.54) is 4.90 Å². The SMILES string of the molecule is CC(C)C[C@H](NC(=O)[C@@H](Cc1ccccc1)NC(=O)[C@H](CO)NC(=O)[C@H](Cc1ccccc1)NC(=O)CNC(=O)[C@@H]1C[C@@H](O)CN1C(=O)[C@@H]1CCCN1C(=O)[C@H](CCCN=C(N)N)NC(=O)[C@H](N)CS)C(=O)N[C@@H](CCCN=C(N)N)C(=O)O. The van der Waals surface area contributed by atoms with Crippen molar-refractivity contribution in [3.8, 4) is 0 Å². The molecule has 9 amide bonds. The normalized spacial score (nSPS) is 18.1. The molecule has 0 aliphatic carbocycles. The largest absolute Gasteiger partial charge is 0.480 e. The lowest BCUT2D eigenvalue weighted by Crippen LogP contribution is -2.60. The number of aliphatic hydroxyl groups excluding tert-OH is 2. The molecule has 2 heterocycles. The van der Waals surface area contributed by atoms with Gasteiger partial charge in [-0.15, -0.1) is 0 Å². The highest BCUT2D eigenvalue weighted by Gasteiger charge is 2.46. The number of aliphatic imine (C=N–C) groups is 2. The van der Waals surface area contributed by atoms with Crippen LogP contribution in [0.25, 0.3) is 0 Å². The van der Waals surface area contributed by atoms with Gasteiger partial charge < -0.3 is 91.0 Å². The van der Waals surface area contributed by atoms with Crippen molar-refractivity contribution >= 4 is 83.7 Å². The second kappa shape index (κ2) is 34.5. The number of carboxylic acid groups (broad SMARTS) is 1. The van der Waals surface area contributed by atoms with E-state index >= 15 is 0 Å². The van der Waals surface area contributed by atoms with Crippen molar-refractivity contribution in [1.82, 2.24) is 47.0 Å². The van der Waals surface area contributed by atoms with E-state index < -0.39 is 133 Å². The topological polar surface area (TPSA) is 477 Å². The first-order chi connectivity index (χ1) is 39.9. The van der Waals surface area contributed by atoms with Gasteiger partial charge in [0.15, 0.2) is 11.9 Å². The molecule has 10 atom stereocenters. The number of carbonyl (C=O) groups is 10. The number of hydrogen-bond acceptors (Lipinski definition) is 16. The number of carboxylic acids is 1. The number of likely N-dealkylation sites (tertiary alicyclic amines) is 2. The standard InChI is InChI=1S/C54H82N16O13S/c1-30(2)22-37(45(75)65-36(52(82)83)17-10-20-61-54(58)59)66-47(77)39(24-32-14-7-4-8-15-32)67-48(78)40(28-71)68-46(76)38(23-31-12-5-3-6-13-31)63-43(73)26-62-49(79)42-25-33(72)27-70(42)51(81)41-18-11-21-69(41)50(80)35(16-9-19-60-53(56)57)64-44(74)34(55)29-84/h3-8,12-15,30,33-42,71-72,84H,9-11,16-29,55H2,1-2H3,(H,62,79)(H,63,73)(H,64,74)(H,65,75)(H,66,77)(H,67,78)(H,68,76)(H,82,83)(H4,56,57,60)(H4,58,59,61)/t33-,34-,35+,36+,37+,38+,39-,40+,41+,42+/m1/s1. The van der Waals surface area contributed by atoms with Crippen LogP contribution in [0.2, 0.25) is 0 Å². The van der Waals surface area contributed by atoms with E-state index in [0.717, 1.165) is 4.90 Å². The fraction of sp³-hybridized carbons (Fsp3) is 0.556. The van der Waals surface area contributed by atoms with Gasteiger partial charge in [0.1, 0.15) is 48.3 Å². The highest BCUT2D eigenvalue weighted by atomic mass is 32.1. The van der Waals surface area contributed by atoms with Gasteiger partial charge in [-0.05, 0) is 62.0 Å². The molecule has 4 rings (SSSR count). The van der Waals surface area contributed by atoms with Gasteiger partial charge >= 0.3 is 5.97 Å². The van der Waals surface area contributed by atoms with Crippen molar-refractivity contribution in [3.05, 3.63) is 71.8 Å². The number of nitrogens with one attached hydrogen (secondary N) is 7. The molecular formula is C54H82N16O13S. The average Bonchev–Trinajstić information content (AvgIpc) is 4.21. The molecule has 84 heavy (non-hydrogen) atoms. The number of aliphatic carboxylic acids is 1. The van der Waals surface area contributed by atoms with Crippen LogP contribution in [-0.2, 0) is 60.8 Å². The molecule has 2 aliphatic heterocycles. The Morgan fingerprint density at radius 2 is 1.14 bits per heavy atom. The minimum Gasteiger partial charge on any atom is -0.480 e. The first-order valence-electron chi connectivity index (χ1n) is 27.7. The predicted octanol–water partition coefficient (Wildman–Crippen LogP) is -5.06. The zero-order chi connectivity index (χ0) is 62.0. The van der Waals surface area contributed by atoms with Crippen molar-refractivity contribution in [1.29, 1.82) is 0 Å². The number of amides is 9. The Bertz CT molecular complexity index is 2630. The van der Waals surface area contributed by atoms with Crippen molar-refractivity contribution < 1.29 is 63.3 Å². The number of nitrogens with zero attached hydrogens (tertiary/aromatic N) is 4. The monoisotopic (exact) mass is 1190 g/mol. The Labute approximate surface area is 492 Å². The fourth-order valence-electron chi connectivity index (χ4n) is 9.50. The lowest BCUT2D eigenvalue weighted by Gasteiger charge is -2.33. The molecule has 2 fully saturated rings. The van der Waals surface area contributed by atoms with E-state index in [2.05, 4.69) is 59.8 Å². The van der Waals surface area contributed by atoms with Crippen LogP contribution in [0, 0.1) is 5.92 Å². The first-order valence-corrected chi connectivity index (χ1v) is 28.3. The molecule has 0 aromatic heterocycles. The molecule has 2 aromatic rings. The fourth-order valence-corrected chi connectivity index (χ4v) is 9.67. The van der Waals surface area contributed by atoms with Gasteiger partial charge in [0.25, 0.3) is 0 Å². The van der Waals surface area contributed by atoms with E-state index in [1.807, 2.05) is 0 Å². The summed E-state index contributed by atoms with van der Waals surface area (Å²) in [5, 5.41) is 48.9. The maximum absolute atomic E-state index is 14.3. The number of nitrogens with two attached hydrogens (primary N) is 5. The van der Waals surface area contributed by atoms with Crippen LogP contribution in [-0.4, -0.2) is 202 Å². The summed E-state index contributed by atoms with van der Waals surface area (Å²) < 4.78 is 0. The lowest BCUT2D eigenvalue weighted by atomic mass is 10.00. The van der Waals surface area contributed by atoms with Crippen LogP contribution in [0.5, 0.6) is 0 Å². The van der Waals surface area contributed by atoms with Gasteiger partial charge in [-0.1, -0.05) is 74.5 Å². The Morgan fingerprint density at radius 3 is 1.67 bits per heavy atom. The lowest BCUT2D eigenvalue weighted by molar-refractivity contribution is -0.148. The zero-order valence-electron chi connectivity index (χ0n) is 47.2. The minimum absolute atomic E-state index is 0.00892. The summed E-state index contributed by atoms with van der Waals surface area (Å²) in [6.07, 6.45) is -0.456. The molecule has 30 heteroatoms. The number of carbonyl (C=O) groups excluding carboxylic acids is 9. The van der Waals surface area contributed by atoms with Crippen LogP contribution in [0.3, 0.4) is 0 Å². The molecule has 0 bridgehead atoms. The minimum atomic E-state index is -1.72. The number of β-amino-alcohol motifs (C(OH)–C–C–N with tert-alkyl or cyclic N) is 1. The number of thiol groups is 1. The van der Waals surface area contributed by atoms with E-state index in [1.54, 1.807) is 74.5 Å². The number of rotatable bonds is 33. The van der Waals surface area contributed by atoms with Gasteiger partial charge in [-0.3, -0.25) is 53.1 Å². The van der Waals surface area contributed by atoms with Gasteiger partial charge in [0.2, 0.25) is 53.2 Å². The Balaban J connectivity index is 1.47. The first kappa shape index (κ1) is 68.4. The molecule has 29 nitrogen and oxygen atoms in total. The summed E-state index contributed by atoms with van der Waals surface area (Å²) in [5.41, 5.74) is 28.6. The van der Waals surface area contributed by atoms with E-state index in [-0.39, 0.29) is 108 Å². The predicted molar refractivity (Wildman–Crippen MR) is 312 cm³/mol. The Morgan fingerprint density at radius 1 is 0.655 bits per heavy atom. The summed E-state index contributed by atoms with van der Waals surface area (Å²) >= 11 is 4.07. The number of guanidine groups is 2. The molecule has 462 valence electrons. The highest BCUT2D eigenvalue weighted by molar-refractivity contribution is 7.80. The van der Waals surface area contributed by atoms with E-state index in [0.29, 0.717) is 17.5 Å². The van der Waals surface area contributed by atoms with E-state index in [9.17, 15) is 63.3 Å². The molecule has 0 spiro atoms. The van der Waals surface area contributed by atoms with Crippen molar-refractivity contribution in [2.75, 3.05) is 45.1 Å². The zero-order valence-corrected chi connectivity index (χ0v) is 48.1. The van der Waals surface area contributed by atoms with Crippen LogP contribution < -0.4 is 65.9 Å². The second-order valence-corrected chi connectivity index (χ2v) is 21.3. The molecule has 2 aromatic carbocycles. The maximum Gasteiger partial charge on any atom is 0.326 e. The van der Waals surface area contributed by atoms with Gasteiger partial charge in [0, 0.05) is 51.2 Å². The number of hydrogen-bond donors (Lipinski definition) is 16. The highest BCUT2D eigenvalue weighted by Crippen LogP contribution is 2.27. The molecule has 0 radical (unpaired) electrons. The Kier molecular flexibility index (Phi) is 28.1. The number of aliphatic hydroxyl groups is 2. The van der Waals surface area contributed by atoms with Crippen LogP contribution in [0.4, 0.5) is 0 Å². The average molecular weight is 1200 g/mol. The van der Waals surface area contributed by atoms with Crippen molar-refractivity contribution in [3.63, 3.8) is 0 Å². The van der Waals surface area contributed by atoms with Gasteiger partial charge in [-0.25, -0.2) is 4.79 Å². The third-order valence-electron chi connectivity index (χ3n) is 13.8. The summed E-state index contributed by atoms with van der Waals surface area (Å²) in [4.78, 5) is 147. The van der Waals surface area contributed by atoms with E-state index in [4.69, 9.17) is 28.7 Å². The third-order valence-corrected chi connectivity index (χ3v) is 14.2. The van der Waals surface area contributed by atoms with Crippen LogP contribution in [0.15, 0.2) is 70.6 Å². The summed E-state index contributed by atoms with van der Waals surface area (Å²) in [6, 6.07) is 5.17. The summed E-state index contributed by atoms with van der Waals surface area (Å²) in [7, 11) is 0. The molecular weight excluding hydrogens is 1110 g/mol. The van der Waals surface area contributed by atoms with Crippen molar-refractivity contribution in [2.24, 2.45) is 44.6 Å². The quantitative estimate of drug-likeness (QED) is 0.0138. The van der Waals surface area contributed by atoms with Gasteiger partial charge in [-0.2, -0.15) is 12.6 Å². The third kappa shape index (κ3) is 22.2. The molecule has 20 N–H and O–H groups in total. The molecule has 0 unspecified atom stereocenters. The van der Waals surface area contributed by atoms with Crippen molar-refractivity contribution in [2.45, 2.75) is 139 Å². The smallest absolute Gasteiger partial charge is 0.326 e. The van der Waals surface area contributed by atoms with Gasteiger partial charge in [0.05, 0.1) is 25.3 Å². The number of benzene rings is 2. The van der Waals surface area contributed by atoms with Crippen LogP contribution in [0.1, 0.15) is 76.3 Å². The summed E-state index contributed by atoms with van der Waals surface area (Å²) in [5.74, 6) is -9.11. The molecule has 2 saturated heterocycles. The molecule has 0 saturated carbocycles. The second-order valence-electron chi connectivity index (χ2n) is 20.9. The summed E-state index contributed by atoms with van der Waals surface area (Å²) in [6.45, 7) is 1.95. The maximum atomic E-state index is 14.3. The Hall–Kier alpha value is -8.09. The van der Waals surface area contributed by atoms with Crippen LogP contribution >= 0.6 is 12.6 Å². The molecule has 2 aliphatic rings.